The standard InChI is InChI=1S/C54H31F3N4O2/c1-32-11-19-36(20-12-32)60(39-25-17-35(59-2)18-26-39)46-29-50-52(42-9-5-3-7-40(42)46)44-27-49-45(28-48(44)62-50)53-43-10-6-4-8-41(43)47(30-51(53)63-49)61(37-21-13-33(31-58)14-22-37)38-23-15-34(16-24-38)54(55,56)57/h3-30H,1H3. The topological polar surface area (TPSA) is 60.9 Å². The third-order valence-electron chi connectivity index (χ3n) is 11.8. The van der Waals surface area contributed by atoms with Gasteiger partial charge in [0.2, 0.25) is 0 Å². The minimum absolute atomic E-state index is 0.459. The van der Waals surface area contributed by atoms with E-state index in [-0.39, 0.29) is 0 Å². The monoisotopic (exact) mass is 824 g/mol. The molecule has 9 aromatic carbocycles. The molecule has 2 heterocycles. The van der Waals surface area contributed by atoms with Crippen molar-refractivity contribution in [2.75, 3.05) is 9.80 Å². The Balaban J connectivity index is 1.13. The molecule has 0 fully saturated rings. The van der Waals surface area contributed by atoms with E-state index in [2.05, 4.69) is 65.2 Å². The van der Waals surface area contributed by atoms with E-state index in [1.165, 1.54) is 12.1 Å². The molecule has 0 spiro atoms. The SMILES string of the molecule is [C-]#[N+]c1ccc(N(c2ccc(C)cc2)c2cc3oc4cc5c(cc4c3c3ccccc23)oc2cc(N(c3ccc(C#N)cc3)c3ccc(C(F)(F)F)cc3)c3ccccc3c25)cc1. The van der Waals surface area contributed by atoms with Crippen LogP contribution in [-0.2, 0) is 6.18 Å². The Labute approximate surface area is 358 Å². The number of rotatable bonds is 6. The Morgan fingerprint density at radius 3 is 1.35 bits per heavy atom. The second-order valence-corrected chi connectivity index (χ2v) is 15.5. The van der Waals surface area contributed by atoms with Crippen LogP contribution in [0.3, 0.4) is 0 Å². The Morgan fingerprint density at radius 1 is 0.508 bits per heavy atom. The molecule has 2 aromatic heterocycles. The van der Waals surface area contributed by atoms with Crippen LogP contribution in [0.25, 0.3) is 70.3 Å². The number of nitrogens with zero attached hydrogens (tertiary/aromatic N) is 4. The van der Waals surface area contributed by atoms with Crippen LogP contribution in [0, 0.1) is 24.8 Å². The molecular formula is C54H31F3N4O2. The Kier molecular flexibility index (Phi) is 8.50. The fraction of sp³-hybridized carbons (Fsp3) is 0.0370. The molecule has 0 atom stereocenters. The molecule has 0 N–H and O–H groups in total. The van der Waals surface area contributed by atoms with Gasteiger partial charge < -0.3 is 18.6 Å². The number of benzene rings is 9. The van der Waals surface area contributed by atoms with Crippen molar-refractivity contribution in [3.8, 4) is 6.07 Å². The number of hydrogen-bond donors (Lipinski definition) is 0. The van der Waals surface area contributed by atoms with Gasteiger partial charge in [-0.05, 0) is 103 Å². The second kappa shape index (κ2) is 14.3. The van der Waals surface area contributed by atoms with Gasteiger partial charge in [-0.1, -0.05) is 78.4 Å². The molecule has 0 amide bonds. The highest BCUT2D eigenvalue weighted by atomic mass is 19.4. The molecule has 11 aromatic rings. The highest BCUT2D eigenvalue weighted by Crippen LogP contribution is 2.49. The molecule has 0 saturated carbocycles. The summed E-state index contributed by atoms with van der Waals surface area (Å²) in [5.74, 6) is 0. The number of nitriles is 1. The van der Waals surface area contributed by atoms with Crippen LogP contribution in [0.15, 0.2) is 179 Å². The molecule has 9 heteroatoms. The van der Waals surface area contributed by atoms with E-state index in [0.717, 1.165) is 77.8 Å². The van der Waals surface area contributed by atoms with Gasteiger partial charge in [0.05, 0.1) is 35.1 Å². The van der Waals surface area contributed by atoms with E-state index in [1.807, 2.05) is 83.8 Å². The van der Waals surface area contributed by atoms with Crippen molar-refractivity contribution in [3.05, 3.63) is 198 Å². The fourth-order valence-electron chi connectivity index (χ4n) is 8.81. The maximum absolute atomic E-state index is 13.7. The van der Waals surface area contributed by atoms with Crippen molar-refractivity contribution in [1.82, 2.24) is 0 Å². The maximum atomic E-state index is 13.7. The van der Waals surface area contributed by atoms with Crippen LogP contribution in [-0.4, -0.2) is 0 Å². The molecule has 0 radical (unpaired) electrons. The predicted molar refractivity (Wildman–Crippen MR) is 246 cm³/mol. The molecule has 0 unspecified atom stereocenters. The lowest BCUT2D eigenvalue weighted by Crippen LogP contribution is -2.11. The van der Waals surface area contributed by atoms with Gasteiger partial charge in [0, 0.05) is 67.2 Å². The normalized spacial score (nSPS) is 11.8. The first kappa shape index (κ1) is 37.5. The van der Waals surface area contributed by atoms with E-state index in [0.29, 0.717) is 50.6 Å². The van der Waals surface area contributed by atoms with Crippen molar-refractivity contribution >= 4 is 105 Å². The molecule has 63 heavy (non-hydrogen) atoms. The van der Waals surface area contributed by atoms with Gasteiger partial charge in [0.15, 0.2) is 5.69 Å². The average molecular weight is 825 g/mol. The zero-order valence-electron chi connectivity index (χ0n) is 33.4. The molecule has 0 aliphatic heterocycles. The molecule has 300 valence electrons. The van der Waals surface area contributed by atoms with Gasteiger partial charge in [0.1, 0.15) is 22.3 Å². The number of fused-ring (bicyclic) bond motifs is 10. The van der Waals surface area contributed by atoms with E-state index < -0.39 is 11.7 Å². The van der Waals surface area contributed by atoms with E-state index in [4.69, 9.17) is 15.4 Å². The van der Waals surface area contributed by atoms with Gasteiger partial charge in [0.25, 0.3) is 0 Å². The average Bonchev–Trinajstić information content (AvgIpc) is 3.86. The number of aryl methyl sites for hydroxylation is 1. The van der Waals surface area contributed by atoms with Crippen molar-refractivity contribution in [2.24, 2.45) is 0 Å². The largest absolute Gasteiger partial charge is 0.456 e. The molecule has 0 aliphatic carbocycles. The number of halogens is 3. The third-order valence-corrected chi connectivity index (χ3v) is 11.8. The van der Waals surface area contributed by atoms with Crippen LogP contribution >= 0.6 is 0 Å². The first-order valence-corrected chi connectivity index (χ1v) is 20.1. The Morgan fingerprint density at radius 2 is 0.921 bits per heavy atom. The predicted octanol–water partition coefficient (Wildman–Crippen LogP) is 16.5. The second-order valence-electron chi connectivity index (χ2n) is 15.5. The highest BCUT2D eigenvalue weighted by molar-refractivity contribution is 6.28. The molecule has 6 nitrogen and oxygen atoms in total. The van der Waals surface area contributed by atoms with E-state index >= 15 is 0 Å². The van der Waals surface area contributed by atoms with Crippen molar-refractivity contribution < 1.29 is 22.0 Å². The Hall–Kier alpha value is -8.53. The van der Waals surface area contributed by atoms with Gasteiger partial charge in [-0.3, -0.25) is 0 Å². The summed E-state index contributed by atoms with van der Waals surface area (Å²) in [7, 11) is 0. The summed E-state index contributed by atoms with van der Waals surface area (Å²) in [6.45, 7) is 9.59. The van der Waals surface area contributed by atoms with Crippen LogP contribution in [0.5, 0.6) is 0 Å². The summed E-state index contributed by atoms with van der Waals surface area (Å²) >= 11 is 0. The quantitative estimate of drug-likeness (QED) is 0.156. The number of anilines is 6. The molecule has 0 saturated heterocycles. The van der Waals surface area contributed by atoms with Crippen molar-refractivity contribution in [1.29, 1.82) is 5.26 Å². The highest BCUT2D eigenvalue weighted by Gasteiger charge is 2.31. The van der Waals surface area contributed by atoms with Gasteiger partial charge in [-0.2, -0.15) is 18.4 Å². The minimum Gasteiger partial charge on any atom is -0.456 e. The van der Waals surface area contributed by atoms with Crippen LogP contribution < -0.4 is 9.80 Å². The fourth-order valence-corrected chi connectivity index (χ4v) is 8.81. The van der Waals surface area contributed by atoms with Gasteiger partial charge in [-0.15, -0.1) is 0 Å². The maximum Gasteiger partial charge on any atom is 0.416 e. The summed E-state index contributed by atoms with van der Waals surface area (Å²) in [4.78, 5) is 7.69. The zero-order chi connectivity index (χ0) is 43.0. The number of alkyl halides is 3. The smallest absolute Gasteiger partial charge is 0.416 e. The van der Waals surface area contributed by atoms with Crippen LogP contribution in [0.1, 0.15) is 16.7 Å². The number of furan rings is 2. The summed E-state index contributed by atoms with van der Waals surface area (Å²) in [5, 5.41) is 16.8. The Bertz CT molecular complexity index is 3690. The summed E-state index contributed by atoms with van der Waals surface area (Å²) in [5.41, 5.74) is 8.67. The third kappa shape index (κ3) is 6.17. The van der Waals surface area contributed by atoms with Crippen LogP contribution in [0.2, 0.25) is 0 Å². The first-order valence-electron chi connectivity index (χ1n) is 20.1. The minimum atomic E-state index is -4.49. The zero-order valence-corrected chi connectivity index (χ0v) is 33.4. The lowest BCUT2D eigenvalue weighted by atomic mass is 9.98. The molecule has 11 rings (SSSR count). The summed E-state index contributed by atoms with van der Waals surface area (Å²) < 4.78 is 54.8. The number of hydrogen-bond acceptors (Lipinski definition) is 5. The first-order chi connectivity index (χ1) is 30.7. The molecular weight excluding hydrogens is 794 g/mol. The van der Waals surface area contributed by atoms with E-state index in [9.17, 15) is 18.4 Å². The molecule has 0 aliphatic rings. The van der Waals surface area contributed by atoms with E-state index in [1.54, 1.807) is 24.3 Å². The van der Waals surface area contributed by atoms with Crippen LogP contribution in [0.4, 0.5) is 53.0 Å². The molecule has 0 bridgehead atoms. The van der Waals surface area contributed by atoms with Gasteiger partial charge in [-0.25, -0.2) is 4.85 Å². The summed E-state index contributed by atoms with van der Waals surface area (Å²) in [6.07, 6.45) is -4.49. The lowest BCUT2D eigenvalue weighted by Gasteiger charge is -2.27. The van der Waals surface area contributed by atoms with Crippen molar-refractivity contribution in [3.63, 3.8) is 0 Å². The lowest BCUT2D eigenvalue weighted by molar-refractivity contribution is -0.137. The van der Waals surface area contributed by atoms with Crippen molar-refractivity contribution in [2.45, 2.75) is 13.1 Å². The van der Waals surface area contributed by atoms with Gasteiger partial charge >= 0.3 is 6.18 Å². The summed E-state index contributed by atoms with van der Waals surface area (Å²) in [6, 6.07) is 54.4.